The van der Waals surface area contributed by atoms with Gasteiger partial charge in [0.15, 0.2) is 5.79 Å². The number of aliphatic hydroxyl groups is 1. The fourth-order valence-corrected chi connectivity index (χ4v) is 11.0. The Morgan fingerprint density at radius 3 is 2.63 bits per heavy atom. The maximum absolute atomic E-state index is 11.1. The zero-order valence-corrected chi connectivity index (χ0v) is 31.9. The highest BCUT2D eigenvalue weighted by Gasteiger charge is 2.50. The topological polar surface area (TPSA) is 140 Å². The fraction of sp³-hybridized carbons (Fsp3) is 0.800. The summed E-state index contributed by atoms with van der Waals surface area (Å²) < 4.78 is 5.83. The smallest absolute Gasteiger partial charge is 0.315 e. The van der Waals surface area contributed by atoms with Crippen LogP contribution in [0.1, 0.15) is 130 Å². The highest BCUT2D eigenvalue weighted by atomic mass is 32.2. The molecule has 0 spiro atoms. The standard InChI is InChI=1S/C30H51NO2.C10H17N3O2S/c1-22(2)9-6-10-24(4)27-14-15-28-25(11-7-17-29(27,28)5)12-13-26-21-30(32,18-16-23(26)3)33-20-8-19-31;11-8(14)4-2-1-3-7-9-6(5-16-7)12-10(15)13-9/h12-13,22,24,27-28,32H,3,6-11,14-21,31H2,1-2,4-5H3;6-7,9H,1-5H2,(H2,11,14)(H2,12,13,15)/b25-12?,26-13-;/t24-,27-,28?,29-,30-;6-,7-,9-/m10/s1. The number of fused-ring (bicyclic) bond motifs is 2. The molecule has 3 aliphatic carbocycles. The Labute approximate surface area is 301 Å². The van der Waals surface area contributed by atoms with Gasteiger partial charge < -0.3 is 31.9 Å². The summed E-state index contributed by atoms with van der Waals surface area (Å²) in [5.74, 6) is 2.92. The zero-order valence-electron chi connectivity index (χ0n) is 31.1. The van der Waals surface area contributed by atoms with E-state index in [1.165, 1.54) is 51.4 Å². The number of urea groups is 1. The van der Waals surface area contributed by atoms with Gasteiger partial charge in [-0.15, -0.1) is 0 Å². The first-order valence-corrected chi connectivity index (χ1v) is 20.5. The number of ether oxygens (including phenoxy) is 1. The van der Waals surface area contributed by atoms with Crippen LogP contribution in [0.15, 0.2) is 35.5 Å². The molecule has 1 unspecified atom stereocenters. The number of allylic oxidation sites excluding steroid dienone is 4. The number of hydrogen-bond donors (Lipinski definition) is 5. The highest BCUT2D eigenvalue weighted by Crippen LogP contribution is 2.60. The number of hydrogen-bond acceptors (Lipinski definition) is 6. The monoisotopic (exact) mass is 700 g/mol. The summed E-state index contributed by atoms with van der Waals surface area (Å²) in [5, 5.41) is 17.3. The van der Waals surface area contributed by atoms with Gasteiger partial charge in [0.05, 0.1) is 18.7 Å². The molecule has 3 amide bonds. The molecular formula is C40H68N4O4S. The number of carbonyl (C=O) groups is 2. The van der Waals surface area contributed by atoms with Gasteiger partial charge in [-0.3, -0.25) is 4.79 Å². The minimum atomic E-state index is -1.06. The maximum atomic E-state index is 11.1. The van der Waals surface area contributed by atoms with Gasteiger partial charge in [-0.2, -0.15) is 11.8 Å². The molecule has 5 aliphatic rings. The molecule has 0 aromatic heterocycles. The van der Waals surface area contributed by atoms with E-state index >= 15 is 0 Å². The Morgan fingerprint density at radius 1 is 1.10 bits per heavy atom. The lowest BCUT2D eigenvalue weighted by Gasteiger charge is -2.44. The van der Waals surface area contributed by atoms with Gasteiger partial charge in [0.1, 0.15) is 0 Å². The van der Waals surface area contributed by atoms with Gasteiger partial charge in [0.2, 0.25) is 5.91 Å². The van der Waals surface area contributed by atoms with Crippen LogP contribution >= 0.6 is 11.8 Å². The summed E-state index contributed by atoms with van der Waals surface area (Å²) in [6.07, 6.45) is 21.5. The molecule has 0 aromatic rings. The summed E-state index contributed by atoms with van der Waals surface area (Å²) in [5.41, 5.74) is 15.1. The Balaban J connectivity index is 0.000000281. The van der Waals surface area contributed by atoms with E-state index in [0.29, 0.717) is 49.1 Å². The van der Waals surface area contributed by atoms with Crippen molar-refractivity contribution in [2.45, 2.75) is 154 Å². The Hall–Kier alpha value is -1.81. The van der Waals surface area contributed by atoms with E-state index in [1.54, 1.807) is 5.57 Å². The molecule has 0 bridgehead atoms. The molecular weight excluding hydrogens is 633 g/mol. The van der Waals surface area contributed by atoms with Crippen molar-refractivity contribution < 1.29 is 19.4 Å². The second kappa shape index (κ2) is 18.6. The van der Waals surface area contributed by atoms with E-state index in [-0.39, 0.29) is 18.0 Å². The van der Waals surface area contributed by atoms with Crippen LogP contribution in [0.25, 0.3) is 0 Å². The first-order chi connectivity index (χ1) is 23.3. The van der Waals surface area contributed by atoms with E-state index in [0.717, 1.165) is 72.7 Å². The van der Waals surface area contributed by atoms with Crippen LogP contribution in [0, 0.1) is 29.1 Å². The molecule has 49 heavy (non-hydrogen) atoms. The summed E-state index contributed by atoms with van der Waals surface area (Å²) >= 11 is 1.90. The number of rotatable bonds is 15. The third-order valence-electron chi connectivity index (χ3n) is 12.2. The quantitative estimate of drug-likeness (QED) is 0.0681. The van der Waals surface area contributed by atoms with Gasteiger partial charge in [-0.25, -0.2) is 4.79 Å². The Kier molecular flexibility index (Phi) is 15.2. The van der Waals surface area contributed by atoms with Crippen molar-refractivity contribution in [2.24, 2.45) is 40.6 Å². The van der Waals surface area contributed by atoms with Crippen molar-refractivity contribution in [3.63, 3.8) is 0 Å². The molecule has 2 heterocycles. The number of nitrogens with two attached hydrogens (primary N) is 2. The lowest BCUT2D eigenvalue weighted by atomic mass is 9.60. The van der Waals surface area contributed by atoms with Crippen molar-refractivity contribution in [2.75, 3.05) is 18.9 Å². The van der Waals surface area contributed by atoms with Crippen LogP contribution < -0.4 is 22.1 Å². The van der Waals surface area contributed by atoms with Gasteiger partial charge in [0, 0.05) is 30.3 Å². The molecule has 8 nitrogen and oxygen atoms in total. The number of nitrogens with one attached hydrogen (secondary N) is 2. The van der Waals surface area contributed by atoms with Crippen LogP contribution in [0.3, 0.4) is 0 Å². The summed E-state index contributed by atoms with van der Waals surface area (Å²) in [6.45, 7) is 15.2. The maximum Gasteiger partial charge on any atom is 0.315 e. The zero-order chi connectivity index (χ0) is 35.6. The molecule has 278 valence electrons. The fourth-order valence-electron chi connectivity index (χ4n) is 9.42. The Morgan fingerprint density at radius 2 is 1.90 bits per heavy atom. The molecule has 2 saturated heterocycles. The van der Waals surface area contributed by atoms with Crippen LogP contribution in [-0.4, -0.2) is 59.1 Å². The number of carbonyl (C=O) groups excluding carboxylic acids is 2. The normalized spacial score (nSPS) is 34.7. The molecule has 2 aliphatic heterocycles. The lowest BCUT2D eigenvalue weighted by Crippen LogP contribution is -2.37. The van der Waals surface area contributed by atoms with E-state index in [1.807, 2.05) is 11.8 Å². The van der Waals surface area contributed by atoms with Crippen molar-refractivity contribution in [1.82, 2.24) is 10.6 Å². The SMILES string of the molecule is C=C1CC[C@@](O)(OCCCN)C/C1=C/C=C1CCC[C@@]2(C)C1CC[C@@H]2[C@H](C)CCCC(C)C.NC(=O)CCCC[C@@H]1SC[C@@H]2NC(=O)N[C@@H]21. The molecule has 5 rings (SSSR count). The van der Waals surface area contributed by atoms with Crippen LogP contribution in [0.4, 0.5) is 4.79 Å². The number of thioether (sulfide) groups is 1. The molecule has 0 radical (unpaired) electrons. The molecule has 5 fully saturated rings. The predicted molar refractivity (Wildman–Crippen MR) is 203 cm³/mol. The minimum Gasteiger partial charge on any atom is -0.370 e. The summed E-state index contributed by atoms with van der Waals surface area (Å²) in [4.78, 5) is 21.7. The average molecular weight is 701 g/mol. The van der Waals surface area contributed by atoms with Gasteiger partial charge in [0.25, 0.3) is 0 Å². The largest absolute Gasteiger partial charge is 0.370 e. The van der Waals surface area contributed by atoms with Crippen LogP contribution in [0.5, 0.6) is 0 Å². The van der Waals surface area contributed by atoms with Gasteiger partial charge in [-0.05, 0) is 99.0 Å². The van der Waals surface area contributed by atoms with Crippen molar-refractivity contribution >= 4 is 23.7 Å². The number of primary amides is 1. The van der Waals surface area contributed by atoms with E-state index < -0.39 is 5.79 Å². The summed E-state index contributed by atoms with van der Waals surface area (Å²) in [6, 6.07) is 0.516. The lowest BCUT2D eigenvalue weighted by molar-refractivity contribution is -0.209. The predicted octanol–water partition coefficient (Wildman–Crippen LogP) is 7.51. The first kappa shape index (κ1) is 40.0. The average Bonchev–Trinajstić information content (AvgIpc) is 3.72. The van der Waals surface area contributed by atoms with E-state index in [9.17, 15) is 14.7 Å². The third kappa shape index (κ3) is 11.1. The van der Waals surface area contributed by atoms with E-state index in [4.69, 9.17) is 16.2 Å². The molecule has 8 atom stereocenters. The second-order valence-corrected chi connectivity index (χ2v) is 17.7. The first-order valence-electron chi connectivity index (χ1n) is 19.5. The van der Waals surface area contributed by atoms with Crippen molar-refractivity contribution in [1.29, 1.82) is 0 Å². The van der Waals surface area contributed by atoms with Crippen LogP contribution in [0.2, 0.25) is 0 Å². The second-order valence-electron chi connectivity index (χ2n) is 16.4. The number of amides is 3. The van der Waals surface area contributed by atoms with Crippen molar-refractivity contribution in [3.05, 3.63) is 35.5 Å². The van der Waals surface area contributed by atoms with Gasteiger partial charge in [-0.1, -0.05) is 83.3 Å². The summed E-state index contributed by atoms with van der Waals surface area (Å²) in [7, 11) is 0. The molecule has 0 aromatic carbocycles. The van der Waals surface area contributed by atoms with Crippen LogP contribution in [-0.2, 0) is 9.53 Å². The third-order valence-corrected chi connectivity index (χ3v) is 13.7. The van der Waals surface area contributed by atoms with Gasteiger partial charge >= 0.3 is 6.03 Å². The van der Waals surface area contributed by atoms with Crippen molar-refractivity contribution in [3.8, 4) is 0 Å². The van der Waals surface area contributed by atoms with E-state index in [2.05, 4.69) is 57.1 Å². The highest BCUT2D eigenvalue weighted by molar-refractivity contribution is 8.00. The molecule has 9 heteroatoms. The molecule has 7 N–H and O–H groups in total. The minimum absolute atomic E-state index is 0.0440. The number of unbranched alkanes of at least 4 members (excludes halogenated alkanes) is 1. The Bertz CT molecular complexity index is 1190. The molecule has 3 saturated carbocycles.